The van der Waals surface area contributed by atoms with Gasteiger partial charge in [0.05, 0.1) is 17.3 Å². The fourth-order valence-corrected chi connectivity index (χ4v) is 6.12. The summed E-state index contributed by atoms with van der Waals surface area (Å²) in [6.07, 6.45) is 0.462. The van der Waals surface area contributed by atoms with Gasteiger partial charge in [-0.3, -0.25) is 9.36 Å². The Morgan fingerprint density at radius 3 is 2.52 bits per heavy atom. The van der Waals surface area contributed by atoms with Gasteiger partial charge in [0.2, 0.25) is 5.91 Å². The molecule has 10 heteroatoms. The van der Waals surface area contributed by atoms with Crippen molar-refractivity contribution in [2.24, 2.45) is 0 Å². The molecule has 7 nitrogen and oxygen atoms in total. The number of nitrogens with zero attached hydrogens (tertiary/aromatic N) is 4. The first kappa shape index (κ1) is 21.5. The molecule has 162 valence electrons. The largest absolute Gasteiger partial charge is 0.341 e. The molecule has 2 aromatic carbocycles. The van der Waals surface area contributed by atoms with Gasteiger partial charge in [-0.25, -0.2) is 12.8 Å². The van der Waals surface area contributed by atoms with Crippen molar-refractivity contribution in [3.63, 3.8) is 0 Å². The Morgan fingerprint density at radius 2 is 1.87 bits per heavy atom. The van der Waals surface area contributed by atoms with E-state index in [4.69, 9.17) is 0 Å². The highest BCUT2D eigenvalue weighted by Crippen LogP contribution is 2.28. The molecule has 0 bridgehead atoms. The van der Waals surface area contributed by atoms with Gasteiger partial charge in [0.25, 0.3) is 0 Å². The van der Waals surface area contributed by atoms with Crippen molar-refractivity contribution >= 4 is 27.5 Å². The fraction of sp³-hybridized carbons (Fsp3) is 0.286. The first-order valence-corrected chi connectivity index (χ1v) is 12.5. The van der Waals surface area contributed by atoms with Crippen LogP contribution in [0.1, 0.15) is 6.42 Å². The van der Waals surface area contributed by atoms with Crippen LogP contribution < -0.4 is 0 Å². The fourth-order valence-electron chi connectivity index (χ4n) is 3.47. The predicted molar refractivity (Wildman–Crippen MR) is 117 cm³/mol. The average molecular weight is 461 g/mol. The average Bonchev–Trinajstić information content (AvgIpc) is 3.35. The molecule has 1 saturated heterocycles. The van der Waals surface area contributed by atoms with Gasteiger partial charge in [0.1, 0.15) is 5.82 Å². The molecule has 0 aliphatic carbocycles. The smallest absolute Gasteiger partial charge is 0.233 e. The summed E-state index contributed by atoms with van der Waals surface area (Å²) in [5.74, 6) is 0.253. The standard InChI is InChI=1S/C21H21FN4O3S2/c1-25(18-11-12-31(28,29)14-18)19(27)13-30-21-24-23-20(15-7-9-16(22)10-8-15)26(21)17-5-3-2-4-6-17/h2-10,18H,11-14H2,1H3/t18-/m1/s1. The molecule has 1 atom stereocenters. The lowest BCUT2D eigenvalue weighted by molar-refractivity contribution is -0.128. The van der Waals surface area contributed by atoms with Crippen LogP contribution in [0.25, 0.3) is 17.1 Å². The third-order valence-corrected chi connectivity index (χ3v) is 7.89. The van der Waals surface area contributed by atoms with Gasteiger partial charge in [-0.15, -0.1) is 10.2 Å². The molecule has 1 fully saturated rings. The summed E-state index contributed by atoms with van der Waals surface area (Å²) < 4.78 is 38.6. The van der Waals surface area contributed by atoms with Crippen molar-refractivity contribution in [1.29, 1.82) is 0 Å². The molecule has 0 N–H and O–H groups in total. The lowest BCUT2D eigenvalue weighted by Gasteiger charge is -2.23. The third kappa shape index (κ3) is 4.80. The van der Waals surface area contributed by atoms with E-state index in [0.29, 0.717) is 23.0 Å². The molecular weight excluding hydrogens is 439 g/mol. The van der Waals surface area contributed by atoms with E-state index >= 15 is 0 Å². The number of halogens is 1. The molecule has 1 aromatic heterocycles. The van der Waals surface area contributed by atoms with Crippen molar-refractivity contribution in [3.05, 3.63) is 60.4 Å². The number of hydrogen-bond acceptors (Lipinski definition) is 6. The van der Waals surface area contributed by atoms with Gasteiger partial charge in [-0.1, -0.05) is 30.0 Å². The van der Waals surface area contributed by atoms with E-state index in [0.717, 1.165) is 5.69 Å². The van der Waals surface area contributed by atoms with Crippen molar-refractivity contribution in [2.75, 3.05) is 24.3 Å². The van der Waals surface area contributed by atoms with E-state index in [9.17, 15) is 17.6 Å². The van der Waals surface area contributed by atoms with Crippen molar-refractivity contribution in [2.45, 2.75) is 17.6 Å². The highest BCUT2D eigenvalue weighted by Gasteiger charge is 2.32. The minimum atomic E-state index is -3.07. The molecule has 0 saturated carbocycles. The zero-order valence-corrected chi connectivity index (χ0v) is 18.4. The minimum absolute atomic E-state index is 0.00875. The molecule has 0 radical (unpaired) electrons. The van der Waals surface area contributed by atoms with E-state index < -0.39 is 9.84 Å². The Morgan fingerprint density at radius 1 is 1.16 bits per heavy atom. The maximum absolute atomic E-state index is 13.4. The lowest BCUT2D eigenvalue weighted by Crippen LogP contribution is -2.38. The zero-order chi connectivity index (χ0) is 22.0. The Kier molecular flexibility index (Phi) is 6.10. The maximum Gasteiger partial charge on any atom is 0.233 e. The molecule has 2 heterocycles. The van der Waals surface area contributed by atoms with Crippen LogP contribution in [0.5, 0.6) is 0 Å². The number of sulfone groups is 1. The highest BCUT2D eigenvalue weighted by atomic mass is 32.2. The number of thioether (sulfide) groups is 1. The summed E-state index contributed by atoms with van der Waals surface area (Å²) in [5.41, 5.74) is 1.52. The molecule has 3 aromatic rings. The second kappa shape index (κ2) is 8.80. The number of hydrogen-bond donors (Lipinski definition) is 0. The topological polar surface area (TPSA) is 85.2 Å². The van der Waals surface area contributed by atoms with E-state index in [2.05, 4.69) is 10.2 Å². The number of benzene rings is 2. The van der Waals surface area contributed by atoms with Crippen LogP contribution in [-0.2, 0) is 14.6 Å². The molecular formula is C21H21FN4O3S2. The molecule has 1 aliphatic heterocycles. The maximum atomic E-state index is 13.4. The van der Waals surface area contributed by atoms with Gasteiger partial charge in [-0.05, 0) is 42.8 Å². The first-order chi connectivity index (χ1) is 14.8. The van der Waals surface area contributed by atoms with E-state index in [-0.39, 0.29) is 35.0 Å². The quantitative estimate of drug-likeness (QED) is 0.526. The lowest BCUT2D eigenvalue weighted by atomic mass is 10.2. The third-order valence-electron chi connectivity index (χ3n) is 5.22. The highest BCUT2D eigenvalue weighted by molar-refractivity contribution is 7.99. The number of aromatic nitrogens is 3. The molecule has 31 heavy (non-hydrogen) atoms. The van der Waals surface area contributed by atoms with Gasteiger partial charge in [0.15, 0.2) is 20.8 Å². The number of carbonyl (C=O) groups excluding carboxylic acids is 1. The number of amides is 1. The van der Waals surface area contributed by atoms with Gasteiger partial charge >= 0.3 is 0 Å². The normalized spacial score (nSPS) is 17.5. The predicted octanol–water partition coefficient (Wildman–Crippen LogP) is 2.81. The summed E-state index contributed by atoms with van der Waals surface area (Å²) in [5, 5.41) is 9.06. The van der Waals surface area contributed by atoms with Crippen molar-refractivity contribution < 1.29 is 17.6 Å². The van der Waals surface area contributed by atoms with Gasteiger partial charge in [0, 0.05) is 24.3 Å². The van der Waals surface area contributed by atoms with Crippen molar-refractivity contribution in [3.8, 4) is 17.1 Å². The van der Waals surface area contributed by atoms with Crippen LogP contribution in [0, 0.1) is 5.82 Å². The zero-order valence-electron chi connectivity index (χ0n) is 16.8. The number of rotatable bonds is 6. The van der Waals surface area contributed by atoms with E-state index in [1.165, 1.54) is 28.8 Å². The number of para-hydroxylation sites is 1. The Balaban J connectivity index is 1.57. The van der Waals surface area contributed by atoms with E-state index in [1.54, 1.807) is 19.2 Å². The van der Waals surface area contributed by atoms with Crippen LogP contribution >= 0.6 is 11.8 Å². The van der Waals surface area contributed by atoms with E-state index in [1.807, 2.05) is 34.9 Å². The summed E-state index contributed by atoms with van der Waals surface area (Å²) >= 11 is 1.23. The Hall–Kier alpha value is -2.72. The minimum Gasteiger partial charge on any atom is -0.341 e. The van der Waals surface area contributed by atoms with Gasteiger partial charge < -0.3 is 4.90 Å². The molecule has 4 rings (SSSR count). The summed E-state index contributed by atoms with van der Waals surface area (Å²) in [4.78, 5) is 14.2. The molecule has 0 spiro atoms. The summed E-state index contributed by atoms with van der Waals surface area (Å²) in [7, 11) is -1.43. The second-order valence-electron chi connectivity index (χ2n) is 7.33. The molecule has 1 amide bonds. The second-order valence-corrected chi connectivity index (χ2v) is 10.5. The Bertz CT molecular complexity index is 1180. The van der Waals surface area contributed by atoms with Crippen molar-refractivity contribution in [1.82, 2.24) is 19.7 Å². The molecule has 0 unspecified atom stereocenters. The van der Waals surface area contributed by atoms with Crippen LogP contribution in [0.15, 0.2) is 59.8 Å². The molecule has 1 aliphatic rings. The number of carbonyl (C=O) groups is 1. The van der Waals surface area contributed by atoms with Crippen LogP contribution in [0.3, 0.4) is 0 Å². The van der Waals surface area contributed by atoms with Crippen LogP contribution in [0.4, 0.5) is 4.39 Å². The first-order valence-electron chi connectivity index (χ1n) is 9.70. The SMILES string of the molecule is CN(C(=O)CSc1nnc(-c2ccc(F)cc2)n1-c1ccccc1)[C@@H]1CCS(=O)(=O)C1. The van der Waals surface area contributed by atoms with Crippen LogP contribution in [-0.4, -0.2) is 64.3 Å². The summed E-state index contributed by atoms with van der Waals surface area (Å²) in [6, 6.07) is 15.2. The van der Waals surface area contributed by atoms with Crippen LogP contribution in [0.2, 0.25) is 0 Å². The van der Waals surface area contributed by atoms with Gasteiger partial charge in [-0.2, -0.15) is 0 Å². The monoisotopic (exact) mass is 460 g/mol. The summed E-state index contributed by atoms with van der Waals surface area (Å²) in [6.45, 7) is 0. The Labute approximate surface area is 184 Å².